The summed E-state index contributed by atoms with van der Waals surface area (Å²) >= 11 is 0. The Hall–Kier alpha value is -0.130. The number of rotatable bonds is 2. The maximum Gasteiger partial charge on any atom is 0.211 e. The standard InChI is InChI=1S/C10H22N2O2S/c1-10(2,3)12-7-6-9(8-12)11(4)15(5,13)14/h9H,6-8H2,1-5H3/t9-/m0/s1. The predicted molar refractivity (Wildman–Crippen MR) is 62.3 cm³/mol. The Morgan fingerprint density at radius 2 is 1.87 bits per heavy atom. The summed E-state index contributed by atoms with van der Waals surface area (Å²) in [6, 6.07) is 0.138. The second kappa shape index (κ2) is 4.03. The molecule has 0 aromatic heterocycles. The largest absolute Gasteiger partial charge is 0.297 e. The summed E-state index contributed by atoms with van der Waals surface area (Å²) in [5, 5.41) is 0. The van der Waals surface area contributed by atoms with Gasteiger partial charge in [-0.1, -0.05) is 0 Å². The molecule has 0 aromatic rings. The van der Waals surface area contributed by atoms with Crippen LogP contribution in [0.4, 0.5) is 0 Å². The van der Waals surface area contributed by atoms with Gasteiger partial charge in [-0.05, 0) is 27.2 Å². The molecule has 0 bridgehead atoms. The second-order valence-electron chi connectivity index (χ2n) is 5.34. The van der Waals surface area contributed by atoms with Crippen molar-refractivity contribution in [1.82, 2.24) is 9.21 Å². The molecule has 1 fully saturated rings. The summed E-state index contributed by atoms with van der Waals surface area (Å²) in [5.41, 5.74) is 0.132. The van der Waals surface area contributed by atoms with Crippen LogP contribution in [0.1, 0.15) is 27.2 Å². The molecule has 4 nitrogen and oxygen atoms in total. The van der Waals surface area contributed by atoms with E-state index < -0.39 is 10.0 Å². The zero-order valence-corrected chi connectivity index (χ0v) is 11.1. The quantitative estimate of drug-likeness (QED) is 0.708. The fraction of sp³-hybridized carbons (Fsp3) is 1.00. The van der Waals surface area contributed by atoms with E-state index in [2.05, 4.69) is 25.7 Å². The summed E-state index contributed by atoms with van der Waals surface area (Å²) in [4.78, 5) is 2.33. The zero-order chi connectivity index (χ0) is 11.9. The molecular weight excluding hydrogens is 212 g/mol. The molecule has 0 aromatic carbocycles. The number of likely N-dealkylation sites (tertiary alicyclic amines) is 1. The van der Waals surface area contributed by atoms with Gasteiger partial charge in [0, 0.05) is 31.7 Å². The SMILES string of the molecule is CN([C@H]1CCN(C(C)(C)C)C1)S(C)(=O)=O. The van der Waals surface area contributed by atoms with Crippen molar-refractivity contribution in [2.75, 3.05) is 26.4 Å². The van der Waals surface area contributed by atoms with Gasteiger partial charge in [0.2, 0.25) is 10.0 Å². The van der Waals surface area contributed by atoms with Gasteiger partial charge >= 0.3 is 0 Å². The summed E-state index contributed by atoms with van der Waals surface area (Å²) in [7, 11) is -1.38. The van der Waals surface area contributed by atoms with E-state index in [4.69, 9.17) is 0 Å². The van der Waals surface area contributed by atoms with Crippen LogP contribution in [0, 0.1) is 0 Å². The van der Waals surface area contributed by atoms with Crippen molar-refractivity contribution >= 4 is 10.0 Å². The number of likely N-dealkylation sites (N-methyl/N-ethyl adjacent to an activating group) is 1. The first-order chi connectivity index (χ1) is 6.62. The van der Waals surface area contributed by atoms with Gasteiger partial charge in [-0.3, -0.25) is 4.90 Å². The number of sulfonamides is 1. The lowest BCUT2D eigenvalue weighted by molar-refractivity contribution is 0.165. The monoisotopic (exact) mass is 234 g/mol. The number of nitrogens with zero attached hydrogens (tertiary/aromatic N) is 2. The van der Waals surface area contributed by atoms with Crippen LogP contribution in [0.25, 0.3) is 0 Å². The highest BCUT2D eigenvalue weighted by Crippen LogP contribution is 2.23. The molecule has 0 N–H and O–H groups in total. The molecule has 0 unspecified atom stereocenters. The van der Waals surface area contributed by atoms with Gasteiger partial charge in [-0.2, -0.15) is 0 Å². The average Bonchev–Trinajstić information content (AvgIpc) is 2.47. The molecule has 0 saturated carbocycles. The third-order valence-corrected chi connectivity index (χ3v) is 4.49. The number of hydrogen-bond donors (Lipinski definition) is 0. The van der Waals surface area contributed by atoms with E-state index in [0.29, 0.717) is 0 Å². The van der Waals surface area contributed by atoms with E-state index in [1.54, 1.807) is 7.05 Å². The highest BCUT2D eigenvalue weighted by molar-refractivity contribution is 7.88. The molecule has 0 aliphatic carbocycles. The normalized spacial score (nSPS) is 25.1. The van der Waals surface area contributed by atoms with E-state index >= 15 is 0 Å². The van der Waals surface area contributed by atoms with Gasteiger partial charge in [0.15, 0.2) is 0 Å². The van der Waals surface area contributed by atoms with Crippen molar-refractivity contribution in [3.63, 3.8) is 0 Å². The van der Waals surface area contributed by atoms with Crippen molar-refractivity contribution < 1.29 is 8.42 Å². The Kier molecular flexibility index (Phi) is 3.48. The van der Waals surface area contributed by atoms with E-state index in [9.17, 15) is 8.42 Å². The lowest BCUT2D eigenvalue weighted by atomic mass is 10.1. The lowest BCUT2D eigenvalue weighted by Crippen LogP contribution is -2.43. The number of hydrogen-bond acceptors (Lipinski definition) is 3. The highest BCUT2D eigenvalue weighted by Gasteiger charge is 2.34. The third-order valence-electron chi connectivity index (χ3n) is 3.15. The van der Waals surface area contributed by atoms with Crippen LogP contribution >= 0.6 is 0 Å². The van der Waals surface area contributed by atoms with Gasteiger partial charge in [0.1, 0.15) is 0 Å². The van der Waals surface area contributed by atoms with Crippen LogP contribution in [0.2, 0.25) is 0 Å². The fourth-order valence-electron chi connectivity index (χ4n) is 1.92. The zero-order valence-electron chi connectivity index (χ0n) is 10.3. The molecule has 1 rings (SSSR count). The fourth-order valence-corrected chi connectivity index (χ4v) is 2.63. The molecule has 5 heteroatoms. The third kappa shape index (κ3) is 3.16. The van der Waals surface area contributed by atoms with Crippen LogP contribution in [0.3, 0.4) is 0 Å². The second-order valence-corrected chi connectivity index (χ2v) is 7.38. The summed E-state index contributed by atoms with van der Waals surface area (Å²) in [6.45, 7) is 8.31. The Balaban J connectivity index is 2.65. The van der Waals surface area contributed by atoms with Crippen molar-refractivity contribution in [1.29, 1.82) is 0 Å². The first-order valence-corrected chi connectivity index (χ1v) is 7.15. The molecule has 1 aliphatic heterocycles. The summed E-state index contributed by atoms with van der Waals surface area (Å²) in [6.07, 6.45) is 2.20. The minimum atomic E-state index is -3.05. The lowest BCUT2D eigenvalue weighted by Gasteiger charge is -2.32. The summed E-state index contributed by atoms with van der Waals surface area (Å²) in [5.74, 6) is 0. The first-order valence-electron chi connectivity index (χ1n) is 5.30. The van der Waals surface area contributed by atoms with Gasteiger partial charge in [-0.25, -0.2) is 12.7 Å². The van der Waals surface area contributed by atoms with Gasteiger partial charge in [0.05, 0.1) is 6.26 Å². The minimum absolute atomic E-state index is 0.132. The molecule has 0 amide bonds. The average molecular weight is 234 g/mol. The summed E-state index contributed by atoms with van der Waals surface area (Å²) < 4.78 is 24.3. The maximum atomic E-state index is 11.4. The first kappa shape index (κ1) is 12.9. The topological polar surface area (TPSA) is 40.6 Å². The van der Waals surface area contributed by atoms with E-state index in [-0.39, 0.29) is 11.6 Å². The molecule has 90 valence electrons. The Morgan fingerprint density at radius 3 is 2.20 bits per heavy atom. The van der Waals surface area contributed by atoms with Crippen LogP contribution in [0.15, 0.2) is 0 Å². The van der Waals surface area contributed by atoms with Crippen LogP contribution in [0.5, 0.6) is 0 Å². The molecule has 1 saturated heterocycles. The van der Waals surface area contributed by atoms with Crippen LogP contribution < -0.4 is 0 Å². The smallest absolute Gasteiger partial charge is 0.211 e. The van der Waals surface area contributed by atoms with Crippen molar-refractivity contribution in [3.05, 3.63) is 0 Å². The van der Waals surface area contributed by atoms with Crippen molar-refractivity contribution in [3.8, 4) is 0 Å². The van der Waals surface area contributed by atoms with E-state index in [1.165, 1.54) is 10.6 Å². The minimum Gasteiger partial charge on any atom is -0.297 e. The molecule has 15 heavy (non-hydrogen) atoms. The Morgan fingerprint density at radius 1 is 1.33 bits per heavy atom. The predicted octanol–water partition coefficient (Wildman–Crippen LogP) is 0.751. The molecule has 1 heterocycles. The Labute approximate surface area is 93.3 Å². The van der Waals surface area contributed by atoms with Gasteiger partial charge in [-0.15, -0.1) is 0 Å². The molecular formula is C10H22N2O2S. The van der Waals surface area contributed by atoms with Crippen LogP contribution in [-0.4, -0.2) is 55.6 Å². The van der Waals surface area contributed by atoms with Crippen LogP contribution in [-0.2, 0) is 10.0 Å². The maximum absolute atomic E-state index is 11.4. The molecule has 0 spiro atoms. The van der Waals surface area contributed by atoms with E-state index in [1.807, 2.05) is 0 Å². The highest BCUT2D eigenvalue weighted by atomic mass is 32.2. The molecule has 0 radical (unpaired) electrons. The van der Waals surface area contributed by atoms with Gasteiger partial charge < -0.3 is 0 Å². The van der Waals surface area contributed by atoms with Gasteiger partial charge in [0.25, 0.3) is 0 Å². The van der Waals surface area contributed by atoms with Crippen molar-refractivity contribution in [2.24, 2.45) is 0 Å². The molecule has 1 atom stereocenters. The van der Waals surface area contributed by atoms with Crippen molar-refractivity contribution in [2.45, 2.75) is 38.8 Å². The van der Waals surface area contributed by atoms with E-state index in [0.717, 1.165) is 19.5 Å². The molecule has 1 aliphatic rings. The Bertz CT molecular complexity index is 319.